The van der Waals surface area contributed by atoms with Crippen molar-refractivity contribution in [1.82, 2.24) is 0 Å². The van der Waals surface area contributed by atoms with Crippen molar-refractivity contribution in [2.75, 3.05) is 0 Å². The van der Waals surface area contributed by atoms with Gasteiger partial charge in [0, 0.05) is 0 Å². The van der Waals surface area contributed by atoms with Crippen LogP contribution in [0, 0.1) is 0 Å². The molecule has 0 amide bonds. The van der Waals surface area contributed by atoms with Crippen LogP contribution in [-0.2, 0) is 13.2 Å². The first-order valence-corrected chi connectivity index (χ1v) is 10.1. The maximum absolute atomic E-state index is 10.4. The fourth-order valence-corrected chi connectivity index (χ4v) is 3.08. The van der Waals surface area contributed by atoms with Gasteiger partial charge in [0.15, 0.2) is 0 Å². The molecule has 3 N–H and O–H groups in total. The van der Waals surface area contributed by atoms with Gasteiger partial charge in [0.25, 0.3) is 0 Å². The summed E-state index contributed by atoms with van der Waals surface area (Å²) in [5, 5.41) is 29.1. The minimum Gasteiger partial charge on any atom is -0.392 e. The number of rotatable bonds is 9. The lowest BCUT2D eigenvalue weighted by Crippen LogP contribution is -2.22. The molecule has 0 fully saturated rings. The van der Waals surface area contributed by atoms with Crippen molar-refractivity contribution in [2.24, 2.45) is 0 Å². The van der Waals surface area contributed by atoms with Crippen molar-refractivity contribution in [3.05, 3.63) is 88.5 Å². The fourth-order valence-electron chi connectivity index (χ4n) is 3.08. The van der Waals surface area contributed by atoms with Crippen LogP contribution in [-0.4, -0.2) is 20.9 Å². The van der Waals surface area contributed by atoms with E-state index in [9.17, 15) is 15.3 Å². The van der Waals surface area contributed by atoms with Crippen LogP contribution >= 0.6 is 0 Å². The van der Waals surface area contributed by atoms with Crippen molar-refractivity contribution in [1.29, 1.82) is 0 Å². The van der Waals surface area contributed by atoms with Gasteiger partial charge in [0.1, 0.15) is 0 Å². The maximum Gasteiger partial charge on any atom is 0.0825 e. The number of benzene rings is 2. The molecule has 0 aromatic heterocycles. The minimum absolute atomic E-state index is 0.0735. The minimum atomic E-state index is -0.736. The summed E-state index contributed by atoms with van der Waals surface area (Å²) in [6.45, 7) is 5.87. The highest BCUT2D eigenvalue weighted by atomic mass is 16.3. The lowest BCUT2D eigenvalue weighted by Gasteiger charge is -2.19. The molecule has 0 saturated carbocycles. The second kappa shape index (κ2) is 10.9. The first-order chi connectivity index (χ1) is 13.9. The van der Waals surface area contributed by atoms with Gasteiger partial charge in [-0.3, -0.25) is 0 Å². The van der Waals surface area contributed by atoms with E-state index in [0.29, 0.717) is 12.8 Å². The van der Waals surface area contributed by atoms with Crippen molar-refractivity contribution in [3.8, 4) is 0 Å². The van der Waals surface area contributed by atoms with E-state index in [1.54, 1.807) is 0 Å². The van der Waals surface area contributed by atoms with Crippen LogP contribution in [0.3, 0.4) is 0 Å². The van der Waals surface area contributed by atoms with Gasteiger partial charge in [-0.2, -0.15) is 0 Å². The smallest absolute Gasteiger partial charge is 0.0825 e. The van der Waals surface area contributed by atoms with Gasteiger partial charge < -0.3 is 15.3 Å². The Balaban J connectivity index is 2.18. The van der Waals surface area contributed by atoms with Gasteiger partial charge >= 0.3 is 0 Å². The summed E-state index contributed by atoms with van der Waals surface area (Å²) >= 11 is 0. The highest BCUT2D eigenvalue weighted by Gasteiger charge is 2.16. The van der Waals surface area contributed by atoms with Crippen LogP contribution in [0.2, 0.25) is 0 Å². The van der Waals surface area contributed by atoms with E-state index in [4.69, 9.17) is 0 Å². The van der Waals surface area contributed by atoms with Crippen LogP contribution in [0.4, 0.5) is 0 Å². The van der Waals surface area contributed by atoms with Gasteiger partial charge in [-0.15, -0.1) is 0 Å². The zero-order chi connectivity index (χ0) is 21.3. The molecule has 2 aromatic rings. The van der Waals surface area contributed by atoms with E-state index in [1.807, 2.05) is 74.6 Å². The third-order valence-electron chi connectivity index (χ3n) is 5.36. The number of allylic oxidation sites excluding steroid dienone is 3. The Labute approximate surface area is 174 Å². The third-order valence-corrected chi connectivity index (χ3v) is 5.36. The van der Waals surface area contributed by atoms with Crippen LogP contribution in [0.15, 0.2) is 60.7 Å². The summed E-state index contributed by atoms with van der Waals surface area (Å²) < 4.78 is 0. The van der Waals surface area contributed by atoms with Crippen molar-refractivity contribution in [2.45, 2.75) is 52.4 Å². The Bertz CT molecular complexity index is 887. The summed E-state index contributed by atoms with van der Waals surface area (Å²) in [6.07, 6.45) is 11.3. The van der Waals surface area contributed by atoms with Gasteiger partial charge in [-0.05, 0) is 65.3 Å². The quantitative estimate of drug-likeness (QED) is 0.398. The van der Waals surface area contributed by atoms with Gasteiger partial charge in [-0.1, -0.05) is 74.6 Å². The Morgan fingerprint density at radius 1 is 0.897 bits per heavy atom. The zero-order valence-electron chi connectivity index (χ0n) is 17.6. The molecule has 2 aromatic carbocycles. The van der Waals surface area contributed by atoms with Gasteiger partial charge in [0.2, 0.25) is 0 Å². The van der Waals surface area contributed by atoms with E-state index >= 15 is 0 Å². The van der Waals surface area contributed by atoms with Gasteiger partial charge in [0.05, 0.1) is 18.8 Å². The average molecular weight is 393 g/mol. The highest BCUT2D eigenvalue weighted by molar-refractivity contribution is 5.73. The van der Waals surface area contributed by atoms with Crippen LogP contribution < -0.4 is 0 Å². The molecule has 29 heavy (non-hydrogen) atoms. The second-order valence-corrected chi connectivity index (χ2v) is 7.32. The number of aliphatic hydroxyl groups is 3. The van der Waals surface area contributed by atoms with E-state index < -0.39 is 5.60 Å². The molecule has 0 aliphatic rings. The molecular formula is C26H32O3. The Morgan fingerprint density at radius 2 is 1.55 bits per heavy atom. The van der Waals surface area contributed by atoms with Crippen molar-refractivity contribution < 1.29 is 15.3 Å². The molecule has 0 radical (unpaired) electrons. The first kappa shape index (κ1) is 22.8. The van der Waals surface area contributed by atoms with E-state index in [0.717, 1.165) is 33.4 Å². The molecule has 0 atom stereocenters. The van der Waals surface area contributed by atoms with E-state index in [-0.39, 0.29) is 13.2 Å². The topological polar surface area (TPSA) is 60.7 Å². The zero-order valence-corrected chi connectivity index (χ0v) is 17.6. The molecule has 0 spiro atoms. The Hall–Kier alpha value is -2.46. The highest BCUT2D eigenvalue weighted by Crippen LogP contribution is 2.20. The molecule has 0 aliphatic heterocycles. The fraction of sp³-hybridized carbons (Fsp3) is 0.308. The van der Waals surface area contributed by atoms with Crippen molar-refractivity contribution >= 4 is 17.7 Å². The molecule has 0 unspecified atom stereocenters. The number of hydrogen-bond acceptors (Lipinski definition) is 3. The summed E-state index contributed by atoms with van der Waals surface area (Å²) in [5.74, 6) is 0. The predicted molar refractivity (Wildman–Crippen MR) is 122 cm³/mol. The lowest BCUT2D eigenvalue weighted by molar-refractivity contribution is 0.0828. The van der Waals surface area contributed by atoms with Crippen LogP contribution in [0.5, 0.6) is 0 Å². The summed E-state index contributed by atoms with van der Waals surface area (Å²) in [5.41, 5.74) is 5.06. The molecular weight excluding hydrogens is 360 g/mol. The molecule has 0 aliphatic carbocycles. The maximum atomic E-state index is 10.4. The standard InChI is InChI=1S/C26H32O3/c1-4-26(29,5-2)15-7-8-20(3)23-10-6-9-21(16-23)11-12-22-13-14-24(18-27)25(17-22)19-28/h6-17,27-29H,4-5,18-19H2,1-3H3/b12-11?,15-7+,20-8+. The molecule has 0 heterocycles. The average Bonchev–Trinajstić information content (AvgIpc) is 2.77. The van der Waals surface area contributed by atoms with Gasteiger partial charge in [-0.25, -0.2) is 0 Å². The first-order valence-electron chi connectivity index (χ1n) is 10.1. The Kier molecular flexibility index (Phi) is 8.59. The molecule has 3 heteroatoms. The second-order valence-electron chi connectivity index (χ2n) is 7.32. The molecule has 0 bridgehead atoms. The number of aliphatic hydroxyl groups excluding tert-OH is 2. The normalized spacial score (nSPS) is 13.0. The molecule has 3 nitrogen and oxygen atoms in total. The Morgan fingerprint density at radius 3 is 2.17 bits per heavy atom. The number of hydrogen-bond donors (Lipinski definition) is 3. The van der Waals surface area contributed by atoms with Crippen LogP contribution in [0.25, 0.3) is 17.7 Å². The van der Waals surface area contributed by atoms with E-state index in [2.05, 4.69) is 19.1 Å². The van der Waals surface area contributed by atoms with Crippen LogP contribution in [0.1, 0.15) is 61.4 Å². The lowest BCUT2D eigenvalue weighted by atomic mass is 9.96. The molecule has 154 valence electrons. The third kappa shape index (κ3) is 6.53. The van der Waals surface area contributed by atoms with Crippen molar-refractivity contribution in [3.63, 3.8) is 0 Å². The summed E-state index contributed by atoms with van der Waals surface area (Å²) in [4.78, 5) is 0. The monoisotopic (exact) mass is 392 g/mol. The molecule has 0 saturated heterocycles. The SMILES string of the molecule is CCC(O)(/C=C/C=C(\C)c1cccc(C=Cc2ccc(CO)c(CO)c2)c1)CC. The predicted octanol–water partition coefficient (Wildman–Crippen LogP) is 5.35. The summed E-state index contributed by atoms with van der Waals surface area (Å²) in [6, 6.07) is 13.9. The summed E-state index contributed by atoms with van der Waals surface area (Å²) in [7, 11) is 0. The molecule has 2 rings (SSSR count). The largest absolute Gasteiger partial charge is 0.392 e. The van der Waals surface area contributed by atoms with E-state index in [1.165, 1.54) is 0 Å².